The predicted molar refractivity (Wildman–Crippen MR) is 126 cm³/mol. The summed E-state index contributed by atoms with van der Waals surface area (Å²) >= 11 is 0. The van der Waals surface area contributed by atoms with Gasteiger partial charge in [-0.05, 0) is 61.1 Å². The van der Waals surface area contributed by atoms with Crippen LogP contribution in [0.15, 0.2) is 23.1 Å². The zero-order valence-electron chi connectivity index (χ0n) is 20.1. The van der Waals surface area contributed by atoms with Crippen LogP contribution >= 0.6 is 0 Å². The lowest BCUT2D eigenvalue weighted by molar-refractivity contribution is -0.122. The van der Waals surface area contributed by atoms with E-state index in [1.807, 2.05) is 13.0 Å². The number of nitrogens with zero attached hydrogens (tertiary/aromatic N) is 3. The highest BCUT2D eigenvalue weighted by atomic mass is 32.2. The van der Waals surface area contributed by atoms with E-state index < -0.39 is 10.0 Å². The standard InChI is InChI=1S/C24H36N4O3S/c1-7-28-19-9-8-17(32(30,31)27(5)6)15-18(19)25-21(28)10-11-22(29)26-20-14-16-12-13-24(20,4)23(16,2)3/h8-9,15-16,20H,7,10-14H2,1-6H3,(H,26,29). The molecule has 2 aliphatic carbocycles. The molecule has 0 spiro atoms. The molecule has 176 valence electrons. The van der Waals surface area contributed by atoms with Gasteiger partial charge in [0.15, 0.2) is 0 Å². The van der Waals surface area contributed by atoms with E-state index >= 15 is 0 Å². The fourth-order valence-electron chi connectivity index (χ4n) is 5.99. The van der Waals surface area contributed by atoms with E-state index in [0.29, 0.717) is 30.8 Å². The Hall–Kier alpha value is -1.93. The fraction of sp³-hybridized carbons (Fsp3) is 0.667. The second-order valence-corrected chi connectivity index (χ2v) is 12.6. The number of sulfonamides is 1. The predicted octanol–water partition coefficient (Wildman–Crippen LogP) is 3.57. The van der Waals surface area contributed by atoms with Crippen LogP contribution in [0.5, 0.6) is 0 Å². The average Bonchev–Trinajstić information content (AvgIpc) is 3.26. The van der Waals surface area contributed by atoms with Crippen LogP contribution in [0.25, 0.3) is 11.0 Å². The van der Waals surface area contributed by atoms with Crippen molar-refractivity contribution in [3.05, 3.63) is 24.0 Å². The molecule has 0 saturated heterocycles. The van der Waals surface area contributed by atoms with Crippen LogP contribution in [0.4, 0.5) is 0 Å². The second-order valence-electron chi connectivity index (χ2n) is 10.4. The Labute approximate surface area is 191 Å². The van der Waals surface area contributed by atoms with Crippen LogP contribution in [0.3, 0.4) is 0 Å². The molecule has 3 unspecified atom stereocenters. The highest BCUT2D eigenvalue weighted by Crippen LogP contribution is 2.65. The van der Waals surface area contributed by atoms with Gasteiger partial charge in [0, 0.05) is 39.5 Å². The molecule has 4 rings (SSSR count). The van der Waals surface area contributed by atoms with Crippen molar-refractivity contribution in [2.45, 2.75) is 77.3 Å². The number of amides is 1. The second kappa shape index (κ2) is 7.83. The number of carbonyl (C=O) groups is 1. The van der Waals surface area contributed by atoms with Gasteiger partial charge in [-0.2, -0.15) is 0 Å². The van der Waals surface area contributed by atoms with Gasteiger partial charge in [-0.25, -0.2) is 17.7 Å². The SMILES string of the molecule is CCn1c(CCC(=O)NC2CC3CCC2(C)C3(C)C)nc2cc(S(=O)(=O)N(C)C)ccc21. The van der Waals surface area contributed by atoms with Crippen molar-refractivity contribution in [2.75, 3.05) is 14.1 Å². The van der Waals surface area contributed by atoms with Gasteiger partial charge < -0.3 is 9.88 Å². The molecule has 2 aliphatic rings. The lowest BCUT2D eigenvalue weighted by Crippen LogP contribution is -2.46. The van der Waals surface area contributed by atoms with Crippen LogP contribution in [0.1, 0.15) is 59.2 Å². The van der Waals surface area contributed by atoms with E-state index in [1.54, 1.807) is 12.1 Å². The maximum atomic E-state index is 12.8. The summed E-state index contributed by atoms with van der Waals surface area (Å²) < 4.78 is 28.2. The lowest BCUT2D eigenvalue weighted by atomic mass is 9.69. The third-order valence-corrected chi connectivity index (χ3v) is 10.4. The first kappa shape index (κ1) is 23.2. The molecule has 1 amide bonds. The summed E-state index contributed by atoms with van der Waals surface area (Å²) in [6.07, 6.45) is 4.43. The maximum Gasteiger partial charge on any atom is 0.242 e. The highest BCUT2D eigenvalue weighted by Gasteiger charge is 2.61. The molecule has 8 heteroatoms. The third-order valence-electron chi connectivity index (χ3n) is 8.60. The van der Waals surface area contributed by atoms with Gasteiger partial charge in [-0.15, -0.1) is 0 Å². The fourth-order valence-corrected chi connectivity index (χ4v) is 6.91. The molecule has 1 aromatic carbocycles. The smallest absolute Gasteiger partial charge is 0.242 e. The van der Waals surface area contributed by atoms with Crippen LogP contribution in [0.2, 0.25) is 0 Å². The van der Waals surface area contributed by atoms with E-state index in [9.17, 15) is 13.2 Å². The van der Waals surface area contributed by atoms with Gasteiger partial charge in [0.2, 0.25) is 15.9 Å². The molecule has 2 aromatic rings. The molecular formula is C24H36N4O3S. The molecule has 2 bridgehead atoms. The van der Waals surface area contributed by atoms with Crippen LogP contribution in [-0.2, 0) is 27.8 Å². The van der Waals surface area contributed by atoms with Gasteiger partial charge in [0.1, 0.15) is 5.82 Å². The largest absolute Gasteiger partial charge is 0.353 e. The molecule has 1 N–H and O–H groups in total. The number of aromatic nitrogens is 2. The van der Waals surface area contributed by atoms with Gasteiger partial charge >= 0.3 is 0 Å². The van der Waals surface area contributed by atoms with E-state index in [1.165, 1.54) is 31.2 Å². The zero-order valence-corrected chi connectivity index (χ0v) is 20.9. The van der Waals surface area contributed by atoms with Crippen molar-refractivity contribution < 1.29 is 13.2 Å². The first-order valence-electron chi connectivity index (χ1n) is 11.6. The molecule has 0 aliphatic heterocycles. The number of fused-ring (bicyclic) bond motifs is 3. The summed E-state index contributed by atoms with van der Waals surface area (Å²) in [6.45, 7) is 9.79. The molecule has 2 saturated carbocycles. The number of carbonyl (C=O) groups excluding carboxylic acids is 1. The molecule has 32 heavy (non-hydrogen) atoms. The number of rotatable bonds is 7. The number of nitrogens with one attached hydrogen (secondary N) is 1. The number of hydrogen-bond acceptors (Lipinski definition) is 4. The Morgan fingerprint density at radius 1 is 1.28 bits per heavy atom. The summed E-state index contributed by atoms with van der Waals surface area (Å²) in [4.78, 5) is 17.8. The monoisotopic (exact) mass is 460 g/mol. The Bertz CT molecular complexity index is 1150. The minimum Gasteiger partial charge on any atom is -0.353 e. The van der Waals surface area contributed by atoms with Gasteiger partial charge in [0.25, 0.3) is 0 Å². The van der Waals surface area contributed by atoms with Gasteiger partial charge in [0.05, 0.1) is 15.9 Å². The van der Waals surface area contributed by atoms with Gasteiger partial charge in [-0.1, -0.05) is 20.8 Å². The Morgan fingerprint density at radius 2 is 2.00 bits per heavy atom. The third kappa shape index (κ3) is 3.46. The quantitative estimate of drug-likeness (QED) is 0.685. The highest BCUT2D eigenvalue weighted by molar-refractivity contribution is 7.89. The molecule has 3 atom stereocenters. The van der Waals surface area contributed by atoms with Crippen LogP contribution in [-0.4, -0.2) is 48.3 Å². The van der Waals surface area contributed by atoms with Crippen LogP contribution < -0.4 is 5.32 Å². The van der Waals surface area contributed by atoms with Crippen molar-refractivity contribution in [3.8, 4) is 0 Å². The minimum absolute atomic E-state index is 0.0742. The molecule has 7 nitrogen and oxygen atoms in total. The van der Waals surface area contributed by atoms with E-state index in [-0.39, 0.29) is 27.7 Å². The van der Waals surface area contributed by atoms with Crippen LogP contribution in [0, 0.1) is 16.7 Å². The summed E-state index contributed by atoms with van der Waals surface area (Å²) in [5.41, 5.74) is 1.97. The average molecular weight is 461 g/mol. The topological polar surface area (TPSA) is 84.3 Å². The van der Waals surface area contributed by atoms with Crippen molar-refractivity contribution >= 4 is 27.0 Å². The van der Waals surface area contributed by atoms with E-state index in [4.69, 9.17) is 4.98 Å². The lowest BCUT2D eigenvalue weighted by Gasteiger charge is -2.39. The first-order valence-corrected chi connectivity index (χ1v) is 13.1. The minimum atomic E-state index is -3.52. The van der Waals surface area contributed by atoms with Crippen molar-refractivity contribution in [1.82, 2.24) is 19.2 Å². The van der Waals surface area contributed by atoms with E-state index in [0.717, 1.165) is 17.8 Å². The molecule has 1 aromatic heterocycles. The van der Waals surface area contributed by atoms with Gasteiger partial charge in [-0.3, -0.25) is 4.79 Å². The summed E-state index contributed by atoms with van der Waals surface area (Å²) in [7, 11) is -0.478. The normalized spacial score (nSPS) is 26.8. The molecular weight excluding hydrogens is 424 g/mol. The van der Waals surface area contributed by atoms with Crippen molar-refractivity contribution in [2.24, 2.45) is 16.7 Å². The van der Waals surface area contributed by atoms with E-state index in [2.05, 4.69) is 30.7 Å². The van der Waals surface area contributed by atoms with Crippen molar-refractivity contribution in [1.29, 1.82) is 0 Å². The Balaban J connectivity index is 1.49. The molecule has 2 fully saturated rings. The maximum absolute atomic E-state index is 12.8. The summed E-state index contributed by atoms with van der Waals surface area (Å²) in [5.74, 6) is 1.58. The number of benzene rings is 1. The molecule has 0 radical (unpaired) electrons. The Morgan fingerprint density at radius 3 is 2.56 bits per heavy atom. The number of hydrogen-bond donors (Lipinski definition) is 1. The summed E-state index contributed by atoms with van der Waals surface area (Å²) in [5, 5.41) is 3.33. The Kier molecular flexibility index (Phi) is 5.69. The number of aryl methyl sites for hydroxylation is 2. The zero-order chi connectivity index (χ0) is 23.5. The first-order chi connectivity index (χ1) is 14.9. The van der Waals surface area contributed by atoms with Crippen molar-refractivity contribution in [3.63, 3.8) is 0 Å². The summed E-state index contributed by atoms with van der Waals surface area (Å²) in [6, 6.07) is 5.30. The molecule has 1 heterocycles. The number of imidazole rings is 1.